The Labute approximate surface area is 106 Å². The Morgan fingerprint density at radius 3 is 2.17 bits per heavy atom. The van der Waals surface area contributed by atoms with Crippen LogP contribution in [-0.4, -0.2) is 30.9 Å². The van der Waals surface area contributed by atoms with Gasteiger partial charge in [-0.05, 0) is 26.0 Å². The van der Waals surface area contributed by atoms with Crippen LogP contribution in [0.15, 0.2) is 18.2 Å². The number of rotatable bonds is 4. The Hall–Kier alpha value is -1.49. The summed E-state index contributed by atoms with van der Waals surface area (Å²) in [6, 6.07) is 2.64. The Kier molecular flexibility index (Phi) is 4.78. The van der Waals surface area contributed by atoms with E-state index in [0.29, 0.717) is 0 Å². The lowest BCUT2D eigenvalue weighted by Crippen LogP contribution is -2.42. The predicted octanol–water partition coefficient (Wildman–Crippen LogP) is 2.09. The maximum atomic E-state index is 13.5. The molecule has 1 rings (SSSR count). The lowest BCUT2D eigenvalue weighted by Gasteiger charge is -2.23. The first-order valence-electron chi connectivity index (χ1n) is 5.75. The average molecular weight is 256 g/mol. The van der Waals surface area contributed by atoms with Gasteiger partial charge >= 0.3 is 0 Å². The van der Waals surface area contributed by atoms with Crippen molar-refractivity contribution in [1.82, 2.24) is 10.2 Å². The van der Waals surface area contributed by atoms with Crippen LogP contribution in [0.25, 0.3) is 0 Å². The molecule has 0 saturated heterocycles. The molecule has 0 saturated carbocycles. The summed E-state index contributed by atoms with van der Waals surface area (Å²) >= 11 is 0. The second kappa shape index (κ2) is 5.91. The third-order valence-electron chi connectivity index (χ3n) is 2.74. The number of hydrogen-bond acceptors (Lipinski definition) is 2. The minimum absolute atomic E-state index is 0.0455. The molecular weight excluding hydrogens is 238 g/mol. The van der Waals surface area contributed by atoms with E-state index in [-0.39, 0.29) is 11.5 Å². The molecule has 3 nitrogen and oxygen atoms in total. The zero-order valence-corrected chi connectivity index (χ0v) is 11.0. The molecule has 5 heteroatoms. The van der Waals surface area contributed by atoms with Gasteiger partial charge in [0.25, 0.3) is 0 Å². The highest BCUT2D eigenvalue weighted by molar-refractivity contribution is 5.80. The lowest BCUT2D eigenvalue weighted by molar-refractivity contribution is -0.130. The van der Waals surface area contributed by atoms with E-state index >= 15 is 0 Å². The van der Waals surface area contributed by atoms with E-state index < -0.39 is 23.7 Å². The summed E-state index contributed by atoms with van der Waals surface area (Å²) in [5, 5.41) is 2.89. The second-order valence-electron chi connectivity index (χ2n) is 4.48. The molecule has 1 amide bonds. The number of amides is 1. The van der Waals surface area contributed by atoms with Gasteiger partial charge in [-0.2, -0.15) is 0 Å². The van der Waals surface area contributed by atoms with Crippen LogP contribution >= 0.6 is 0 Å². The summed E-state index contributed by atoms with van der Waals surface area (Å²) in [6.07, 6.45) is 0. The van der Waals surface area contributed by atoms with Crippen molar-refractivity contribution in [2.24, 2.45) is 0 Å². The fourth-order valence-corrected chi connectivity index (χ4v) is 1.84. The number of carbonyl (C=O) groups excluding carboxylic acids is 1. The summed E-state index contributed by atoms with van der Waals surface area (Å²) in [5.41, 5.74) is -0.0455. The summed E-state index contributed by atoms with van der Waals surface area (Å²) < 4.78 is 27.1. The van der Waals surface area contributed by atoms with E-state index in [1.165, 1.54) is 23.1 Å². The normalized spacial score (nSPS) is 14.1. The van der Waals surface area contributed by atoms with Gasteiger partial charge in [0, 0.05) is 25.7 Å². The zero-order chi connectivity index (χ0) is 13.9. The van der Waals surface area contributed by atoms with E-state index in [4.69, 9.17) is 0 Å². The smallest absolute Gasteiger partial charge is 0.238 e. The number of hydrogen-bond donors (Lipinski definition) is 1. The Morgan fingerprint density at radius 1 is 1.22 bits per heavy atom. The monoisotopic (exact) mass is 256 g/mol. The van der Waals surface area contributed by atoms with Crippen LogP contribution in [0, 0.1) is 11.6 Å². The first-order chi connectivity index (χ1) is 8.34. The van der Waals surface area contributed by atoms with Crippen molar-refractivity contribution in [2.75, 3.05) is 14.1 Å². The van der Waals surface area contributed by atoms with Gasteiger partial charge in [0.2, 0.25) is 5.91 Å². The molecule has 0 aliphatic carbocycles. The quantitative estimate of drug-likeness (QED) is 0.894. The van der Waals surface area contributed by atoms with E-state index in [9.17, 15) is 13.6 Å². The minimum atomic E-state index is -0.612. The van der Waals surface area contributed by atoms with Crippen molar-refractivity contribution >= 4 is 5.91 Å². The van der Waals surface area contributed by atoms with Crippen LogP contribution in [0.2, 0.25) is 0 Å². The molecule has 0 aromatic heterocycles. The Bertz CT molecular complexity index is 415. The van der Waals surface area contributed by atoms with Crippen LogP contribution in [0.4, 0.5) is 8.78 Å². The highest BCUT2D eigenvalue weighted by Gasteiger charge is 2.21. The number of nitrogens with one attached hydrogen (secondary N) is 1. The van der Waals surface area contributed by atoms with Gasteiger partial charge in [-0.15, -0.1) is 0 Å². The third kappa shape index (κ3) is 3.26. The predicted molar refractivity (Wildman–Crippen MR) is 66.1 cm³/mol. The molecule has 1 N–H and O–H groups in total. The van der Waals surface area contributed by atoms with Gasteiger partial charge in [0.1, 0.15) is 11.6 Å². The molecule has 2 unspecified atom stereocenters. The zero-order valence-electron chi connectivity index (χ0n) is 11.0. The molecule has 0 spiro atoms. The number of benzene rings is 1. The van der Waals surface area contributed by atoms with Crippen LogP contribution in [0.3, 0.4) is 0 Å². The van der Waals surface area contributed by atoms with Crippen molar-refractivity contribution in [1.29, 1.82) is 0 Å². The average Bonchev–Trinajstić information content (AvgIpc) is 2.27. The van der Waals surface area contributed by atoms with Crippen molar-refractivity contribution in [3.63, 3.8) is 0 Å². The van der Waals surface area contributed by atoms with Crippen molar-refractivity contribution in [2.45, 2.75) is 25.9 Å². The molecule has 0 radical (unpaired) electrons. The largest absolute Gasteiger partial charge is 0.347 e. The Balaban J connectivity index is 2.83. The van der Waals surface area contributed by atoms with E-state index in [0.717, 1.165) is 0 Å². The fraction of sp³-hybridized carbons (Fsp3) is 0.462. The molecule has 0 heterocycles. The molecule has 0 bridgehead atoms. The molecule has 100 valence electrons. The van der Waals surface area contributed by atoms with Crippen molar-refractivity contribution in [3.8, 4) is 0 Å². The molecule has 1 aromatic rings. The molecule has 1 aromatic carbocycles. The number of halogens is 2. The summed E-state index contributed by atoms with van der Waals surface area (Å²) in [4.78, 5) is 13.1. The van der Waals surface area contributed by atoms with E-state index in [1.54, 1.807) is 27.9 Å². The van der Waals surface area contributed by atoms with Crippen LogP contribution in [0.1, 0.15) is 25.5 Å². The summed E-state index contributed by atoms with van der Waals surface area (Å²) in [7, 11) is 3.27. The SMILES string of the molecule is CC(NC(C)c1c(F)cccc1F)C(=O)N(C)C. The van der Waals surface area contributed by atoms with Gasteiger partial charge in [-0.1, -0.05) is 6.07 Å². The minimum Gasteiger partial charge on any atom is -0.347 e. The fourth-order valence-electron chi connectivity index (χ4n) is 1.84. The van der Waals surface area contributed by atoms with Crippen molar-refractivity contribution in [3.05, 3.63) is 35.4 Å². The van der Waals surface area contributed by atoms with Crippen LogP contribution < -0.4 is 5.32 Å². The molecular formula is C13H18F2N2O. The topological polar surface area (TPSA) is 32.3 Å². The maximum Gasteiger partial charge on any atom is 0.238 e. The lowest BCUT2D eigenvalue weighted by atomic mass is 10.1. The first kappa shape index (κ1) is 14.6. The van der Waals surface area contributed by atoms with Crippen LogP contribution in [-0.2, 0) is 4.79 Å². The molecule has 0 fully saturated rings. The van der Waals surface area contributed by atoms with Crippen molar-refractivity contribution < 1.29 is 13.6 Å². The number of carbonyl (C=O) groups is 1. The van der Waals surface area contributed by atoms with Gasteiger partial charge < -0.3 is 4.90 Å². The Morgan fingerprint density at radius 2 is 1.72 bits per heavy atom. The molecule has 0 aliphatic rings. The summed E-state index contributed by atoms with van der Waals surface area (Å²) in [6.45, 7) is 3.29. The first-order valence-corrected chi connectivity index (χ1v) is 5.75. The van der Waals surface area contributed by atoms with E-state index in [2.05, 4.69) is 5.32 Å². The number of likely N-dealkylation sites (N-methyl/N-ethyl adjacent to an activating group) is 1. The number of nitrogens with zero attached hydrogens (tertiary/aromatic N) is 1. The van der Waals surface area contributed by atoms with Gasteiger partial charge in [-0.25, -0.2) is 8.78 Å². The molecule has 2 atom stereocenters. The van der Waals surface area contributed by atoms with Gasteiger partial charge in [0.15, 0.2) is 0 Å². The highest BCUT2D eigenvalue weighted by atomic mass is 19.1. The van der Waals surface area contributed by atoms with E-state index in [1.807, 2.05) is 0 Å². The highest BCUT2D eigenvalue weighted by Crippen LogP contribution is 2.20. The molecule has 18 heavy (non-hydrogen) atoms. The van der Waals surface area contributed by atoms with Gasteiger partial charge in [-0.3, -0.25) is 10.1 Å². The van der Waals surface area contributed by atoms with Gasteiger partial charge in [0.05, 0.1) is 6.04 Å². The summed E-state index contributed by atoms with van der Waals surface area (Å²) in [5.74, 6) is -1.36. The van der Waals surface area contributed by atoms with Crippen LogP contribution in [0.5, 0.6) is 0 Å². The maximum absolute atomic E-state index is 13.5. The standard InChI is InChI=1S/C13H18F2N2O/c1-8(16-9(2)13(18)17(3)4)12-10(14)6-5-7-11(12)15/h5-9,16H,1-4H3. The molecule has 0 aliphatic heterocycles. The second-order valence-corrected chi connectivity index (χ2v) is 4.48. The third-order valence-corrected chi connectivity index (χ3v) is 2.74.